The van der Waals surface area contributed by atoms with Crippen molar-refractivity contribution < 1.29 is 9.59 Å². The molecule has 0 unspecified atom stereocenters. The summed E-state index contributed by atoms with van der Waals surface area (Å²) in [6.45, 7) is 4.41. The third kappa shape index (κ3) is 3.73. The zero-order valence-corrected chi connectivity index (χ0v) is 14.8. The molecule has 4 heteroatoms. The fourth-order valence-electron chi connectivity index (χ4n) is 3.29. The smallest absolute Gasteiger partial charge is 0.234 e. The van der Waals surface area contributed by atoms with Crippen molar-refractivity contribution in [2.45, 2.75) is 39.5 Å². The normalized spacial score (nSPS) is 12.4. The number of hydrogen-bond acceptors (Lipinski definition) is 3. The molecule has 0 saturated carbocycles. The molecule has 1 heterocycles. The Morgan fingerprint density at radius 1 is 1.08 bits per heavy atom. The molecule has 0 fully saturated rings. The van der Waals surface area contributed by atoms with E-state index in [1.807, 2.05) is 18.2 Å². The molecule has 0 atom stereocenters. The van der Waals surface area contributed by atoms with Crippen molar-refractivity contribution in [3.8, 4) is 0 Å². The highest BCUT2D eigenvalue weighted by Crippen LogP contribution is 2.34. The van der Waals surface area contributed by atoms with Gasteiger partial charge in [-0.1, -0.05) is 43.3 Å². The first-order chi connectivity index (χ1) is 12.1. The summed E-state index contributed by atoms with van der Waals surface area (Å²) in [5, 5.41) is 3.30. The number of carbonyl (C=O) groups is 2. The Morgan fingerprint density at radius 2 is 1.80 bits per heavy atom. The monoisotopic (exact) mass is 336 g/mol. The number of amides is 2. The molecular formula is C21H24N2O2. The van der Waals surface area contributed by atoms with Gasteiger partial charge in [-0.05, 0) is 42.0 Å². The van der Waals surface area contributed by atoms with Crippen molar-refractivity contribution in [1.82, 2.24) is 0 Å². The van der Waals surface area contributed by atoms with Crippen molar-refractivity contribution in [3.63, 3.8) is 0 Å². The van der Waals surface area contributed by atoms with E-state index >= 15 is 0 Å². The summed E-state index contributed by atoms with van der Waals surface area (Å²) in [6.07, 6.45) is 2.88. The molecule has 0 bridgehead atoms. The number of benzene rings is 2. The molecule has 0 aliphatic carbocycles. The zero-order chi connectivity index (χ0) is 17.8. The molecule has 0 saturated heterocycles. The van der Waals surface area contributed by atoms with Crippen molar-refractivity contribution in [3.05, 3.63) is 59.2 Å². The molecule has 4 nitrogen and oxygen atoms in total. The van der Waals surface area contributed by atoms with E-state index in [0.717, 1.165) is 36.2 Å². The van der Waals surface area contributed by atoms with Crippen LogP contribution in [0.1, 0.15) is 37.0 Å². The van der Waals surface area contributed by atoms with Gasteiger partial charge >= 0.3 is 0 Å². The number of nitrogens with zero attached hydrogens (tertiary/aromatic N) is 1. The molecule has 2 aromatic carbocycles. The quantitative estimate of drug-likeness (QED) is 0.905. The average Bonchev–Trinajstić information content (AvgIpc) is 3.10. The van der Waals surface area contributed by atoms with Gasteiger partial charge in [-0.25, -0.2) is 4.90 Å². The molecule has 2 aromatic rings. The van der Waals surface area contributed by atoms with E-state index in [2.05, 4.69) is 36.5 Å². The summed E-state index contributed by atoms with van der Waals surface area (Å²) in [7, 11) is 0. The molecule has 1 aliphatic rings. The fourth-order valence-corrected chi connectivity index (χ4v) is 3.29. The van der Waals surface area contributed by atoms with Crippen molar-refractivity contribution in [1.29, 1.82) is 0 Å². The third-order valence-electron chi connectivity index (χ3n) is 4.69. The highest BCUT2D eigenvalue weighted by Gasteiger charge is 2.25. The summed E-state index contributed by atoms with van der Waals surface area (Å²) in [4.78, 5) is 26.2. The Labute approximate surface area is 148 Å². The van der Waals surface area contributed by atoms with E-state index in [1.54, 1.807) is 0 Å². The fraction of sp³-hybridized carbons (Fsp3) is 0.333. The van der Waals surface area contributed by atoms with Gasteiger partial charge in [0.05, 0.1) is 11.4 Å². The molecule has 0 spiro atoms. The molecule has 3 rings (SSSR count). The standard InChI is InChI=1S/C21H24N2O2/c1-3-16-7-9-17(10-8-16)11-12-20(25)23(15(2)24)19-6-4-5-18-13-14-22-21(18)19/h4-10,22H,3,11-14H2,1-2H3. The van der Waals surface area contributed by atoms with Crippen LogP contribution in [0.15, 0.2) is 42.5 Å². The number of para-hydroxylation sites is 1. The molecular weight excluding hydrogens is 312 g/mol. The number of hydrogen-bond donors (Lipinski definition) is 1. The van der Waals surface area contributed by atoms with Crippen LogP contribution in [0.2, 0.25) is 0 Å². The maximum atomic E-state index is 12.8. The maximum Gasteiger partial charge on any atom is 0.234 e. The van der Waals surface area contributed by atoms with E-state index in [9.17, 15) is 9.59 Å². The first-order valence-electron chi connectivity index (χ1n) is 8.87. The van der Waals surface area contributed by atoms with Gasteiger partial charge in [-0.3, -0.25) is 9.59 Å². The minimum atomic E-state index is -0.242. The lowest BCUT2D eigenvalue weighted by atomic mass is 10.1. The van der Waals surface area contributed by atoms with E-state index in [-0.39, 0.29) is 11.8 Å². The Hall–Kier alpha value is -2.62. The Morgan fingerprint density at radius 3 is 2.48 bits per heavy atom. The Kier molecular flexibility index (Phi) is 5.17. The lowest BCUT2D eigenvalue weighted by Gasteiger charge is -2.22. The molecule has 1 N–H and O–H groups in total. The number of fused-ring (bicyclic) bond motifs is 1. The zero-order valence-electron chi connectivity index (χ0n) is 14.8. The highest BCUT2D eigenvalue weighted by molar-refractivity contribution is 6.16. The predicted molar refractivity (Wildman–Crippen MR) is 101 cm³/mol. The first kappa shape index (κ1) is 17.2. The van der Waals surface area contributed by atoms with Crippen LogP contribution in [0.5, 0.6) is 0 Å². The minimum Gasteiger partial charge on any atom is -0.383 e. The van der Waals surface area contributed by atoms with Crippen LogP contribution in [-0.2, 0) is 28.9 Å². The van der Waals surface area contributed by atoms with Gasteiger partial charge in [0.1, 0.15) is 0 Å². The van der Waals surface area contributed by atoms with Gasteiger partial charge in [-0.15, -0.1) is 0 Å². The van der Waals surface area contributed by atoms with Gasteiger partial charge in [0.15, 0.2) is 0 Å². The number of carbonyl (C=O) groups excluding carboxylic acids is 2. The van der Waals surface area contributed by atoms with Gasteiger partial charge in [0, 0.05) is 19.9 Å². The van der Waals surface area contributed by atoms with Crippen LogP contribution < -0.4 is 10.2 Å². The van der Waals surface area contributed by atoms with Crippen molar-refractivity contribution >= 4 is 23.2 Å². The molecule has 1 aliphatic heterocycles. The van der Waals surface area contributed by atoms with Crippen LogP contribution in [0.4, 0.5) is 11.4 Å². The Balaban J connectivity index is 1.75. The van der Waals surface area contributed by atoms with E-state index < -0.39 is 0 Å². The number of rotatable bonds is 5. The van der Waals surface area contributed by atoms with Crippen molar-refractivity contribution in [2.75, 3.05) is 16.8 Å². The van der Waals surface area contributed by atoms with Crippen LogP contribution in [0.25, 0.3) is 0 Å². The summed E-state index contributed by atoms with van der Waals surface area (Å²) in [5.74, 6) is -0.400. The van der Waals surface area contributed by atoms with Crippen LogP contribution >= 0.6 is 0 Å². The number of nitrogens with one attached hydrogen (secondary N) is 1. The number of anilines is 2. The van der Waals surface area contributed by atoms with Gasteiger partial charge in [0.2, 0.25) is 11.8 Å². The maximum absolute atomic E-state index is 12.8. The van der Waals surface area contributed by atoms with E-state index in [1.165, 1.54) is 17.4 Å². The summed E-state index contributed by atoms with van der Waals surface area (Å²) < 4.78 is 0. The van der Waals surface area contributed by atoms with Crippen LogP contribution in [0, 0.1) is 0 Å². The largest absolute Gasteiger partial charge is 0.383 e. The topological polar surface area (TPSA) is 49.4 Å². The second-order valence-electron chi connectivity index (χ2n) is 6.41. The summed E-state index contributed by atoms with van der Waals surface area (Å²) in [5.41, 5.74) is 5.15. The third-order valence-corrected chi connectivity index (χ3v) is 4.69. The molecule has 0 radical (unpaired) electrons. The first-order valence-corrected chi connectivity index (χ1v) is 8.87. The molecule has 25 heavy (non-hydrogen) atoms. The number of imide groups is 1. The molecule has 130 valence electrons. The van der Waals surface area contributed by atoms with Crippen LogP contribution in [-0.4, -0.2) is 18.4 Å². The van der Waals surface area contributed by atoms with Gasteiger partial charge in [-0.2, -0.15) is 0 Å². The Bertz CT molecular complexity index is 781. The van der Waals surface area contributed by atoms with Gasteiger partial charge < -0.3 is 5.32 Å². The average molecular weight is 336 g/mol. The van der Waals surface area contributed by atoms with E-state index in [0.29, 0.717) is 18.5 Å². The molecule has 2 amide bonds. The lowest BCUT2D eigenvalue weighted by Crippen LogP contribution is -2.35. The summed E-state index contributed by atoms with van der Waals surface area (Å²) in [6, 6.07) is 14.1. The van der Waals surface area contributed by atoms with Gasteiger partial charge in [0.25, 0.3) is 0 Å². The highest BCUT2D eigenvalue weighted by atomic mass is 16.2. The minimum absolute atomic E-state index is 0.158. The van der Waals surface area contributed by atoms with Crippen LogP contribution in [0.3, 0.4) is 0 Å². The van der Waals surface area contributed by atoms with Crippen molar-refractivity contribution in [2.24, 2.45) is 0 Å². The second-order valence-corrected chi connectivity index (χ2v) is 6.41. The predicted octanol–water partition coefficient (Wildman–Crippen LogP) is 3.73. The van der Waals surface area contributed by atoms with E-state index in [4.69, 9.17) is 0 Å². The SMILES string of the molecule is CCc1ccc(CCC(=O)N(C(C)=O)c2cccc3c2NCC3)cc1. The lowest BCUT2D eigenvalue weighted by molar-refractivity contribution is -0.125. The summed E-state index contributed by atoms with van der Waals surface area (Å²) >= 11 is 0. The second kappa shape index (κ2) is 7.51. The molecule has 0 aromatic heterocycles. The number of aryl methyl sites for hydroxylation is 2.